The molecule has 1 amide bonds. The Morgan fingerprint density at radius 1 is 1.14 bits per heavy atom. The second kappa shape index (κ2) is 8.84. The van der Waals surface area contributed by atoms with E-state index in [-0.39, 0.29) is 17.8 Å². The molecule has 3 aromatic rings. The lowest BCUT2D eigenvalue weighted by Gasteiger charge is -2.31. The smallest absolute Gasteiger partial charge is 0.251 e. The predicted molar refractivity (Wildman–Crippen MR) is 110 cm³/mol. The number of benzene rings is 2. The maximum Gasteiger partial charge on any atom is 0.251 e. The van der Waals surface area contributed by atoms with E-state index in [9.17, 15) is 9.18 Å². The molecule has 0 spiro atoms. The minimum Gasteiger partial charge on any atom is -0.419 e. The molecule has 150 valence electrons. The molecule has 0 atom stereocenters. The van der Waals surface area contributed by atoms with Crippen LogP contribution in [-0.2, 0) is 6.54 Å². The molecule has 4 rings (SSSR count). The number of rotatable bonds is 5. The van der Waals surface area contributed by atoms with Crippen molar-refractivity contribution in [2.75, 3.05) is 13.1 Å². The third kappa shape index (κ3) is 4.89. The number of nitrogens with one attached hydrogen (secondary N) is 1. The number of aromatic nitrogens is 2. The molecule has 0 bridgehead atoms. The molecular weight excluding hydrogens is 439 g/mol. The zero-order valence-corrected chi connectivity index (χ0v) is 17.2. The monoisotopic (exact) mass is 458 g/mol. The molecule has 1 fully saturated rings. The molecule has 1 aliphatic heterocycles. The lowest BCUT2D eigenvalue weighted by atomic mass is 10.0. The van der Waals surface area contributed by atoms with Crippen molar-refractivity contribution in [3.05, 3.63) is 70.3 Å². The molecule has 29 heavy (non-hydrogen) atoms. The van der Waals surface area contributed by atoms with Gasteiger partial charge in [0.15, 0.2) is 0 Å². The lowest BCUT2D eigenvalue weighted by Crippen LogP contribution is -2.44. The summed E-state index contributed by atoms with van der Waals surface area (Å²) >= 11 is 3.50. The predicted octanol–water partition coefficient (Wildman–Crippen LogP) is 4.03. The molecule has 8 heteroatoms. The number of halogens is 2. The lowest BCUT2D eigenvalue weighted by molar-refractivity contribution is 0.0905. The number of likely N-dealkylation sites (tertiary alicyclic amines) is 1. The van der Waals surface area contributed by atoms with Crippen molar-refractivity contribution in [1.29, 1.82) is 0 Å². The molecule has 1 saturated heterocycles. The molecule has 0 saturated carbocycles. The van der Waals surface area contributed by atoms with Gasteiger partial charge in [-0.15, -0.1) is 10.2 Å². The number of piperidine rings is 1. The van der Waals surface area contributed by atoms with Gasteiger partial charge in [0.1, 0.15) is 5.82 Å². The van der Waals surface area contributed by atoms with Crippen LogP contribution in [0.1, 0.15) is 29.1 Å². The quantitative estimate of drug-likeness (QED) is 0.624. The third-order valence-electron chi connectivity index (χ3n) is 4.96. The number of carbonyl (C=O) groups excluding carboxylic acids is 1. The van der Waals surface area contributed by atoms with Crippen molar-refractivity contribution >= 4 is 21.8 Å². The Hall–Kier alpha value is -2.58. The SMILES string of the molecule is O=C(NC1CCN(Cc2nnc(-c3ccccc3Br)o2)CC1)c1ccc(F)cc1. The highest BCUT2D eigenvalue weighted by Gasteiger charge is 2.23. The van der Waals surface area contributed by atoms with Gasteiger partial charge in [-0.1, -0.05) is 12.1 Å². The van der Waals surface area contributed by atoms with Crippen molar-refractivity contribution in [3.8, 4) is 11.5 Å². The summed E-state index contributed by atoms with van der Waals surface area (Å²) in [6, 6.07) is 13.4. The minimum atomic E-state index is -0.348. The van der Waals surface area contributed by atoms with Crippen LogP contribution in [-0.4, -0.2) is 40.1 Å². The fraction of sp³-hybridized carbons (Fsp3) is 0.286. The second-order valence-electron chi connectivity index (χ2n) is 7.01. The highest BCUT2D eigenvalue weighted by Crippen LogP contribution is 2.27. The van der Waals surface area contributed by atoms with Gasteiger partial charge in [-0.05, 0) is 65.2 Å². The summed E-state index contributed by atoms with van der Waals surface area (Å²) in [5, 5.41) is 11.3. The molecule has 6 nitrogen and oxygen atoms in total. The standard InChI is InChI=1S/C21H20BrFN4O2/c22-18-4-2-1-3-17(18)21-26-25-19(29-21)13-27-11-9-16(10-12-27)24-20(28)14-5-7-15(23)8-6-14/h1-8,16H,9-13H2,(H,24,28). The molecule has 0 aliphatic carbocycles. The maximum atomic E-state index is 13.0. The van der Waals surface area contributed by atoms with E-state index in [0.29, 0.717) is 23.9 Å². The molecule has 2 heterocycles. The Balaban J connectivity index is 1.29. The first kappa shape index (κ1) is 19.7. The summed E-state index contributed by atoms with van der Waals surface area (Å²) in [5.74, 6) is 0.551. The van der Waals surface area contributed by atoms with Gasteiger partial charge in [0.25, 0.3) is 5.91 Å². The number of nitrogens with zero attached hydrogens (tertiary/aromatic N) is 3. The van der Waals surface area contributed by atoms with Gasteiger partial charge in [-0.25, -0.2) is 4.39 Å². The Bertz CT molecular complexity index is 984. The van der Waals surface area contributed by atoms with Crippen LogP contribution in [0.4, 0.5) is 4.39 Å². The van der Waals surface area contributed by atoms with Crippen molar-refractivity contribution in [3.63, 3.8) is 0 Å². The summed E-state index contributed by atoms with van der Waals surface area (Å²) in [6.07, 6.45) is 1.66. The van der Waals surface area contributed by atoms with Crippen molar-refractivity contribution in [2.24, 2.45) is 0 Å². The molecule has 1 aromatic heterocycles. The van der Waals surface area contributed by atoms with Crippen LogP contribution >= 0.6 is 15.9 Å². The Morgan fingerprint density at radius 2 is 1.86 bits per heavy atom. The van der Waals surface area contributed by atoms with E-state index < -0.39 is 0 Å². The first-order valence-corrected chi connectivity index (χ1v) is 10.2. The summed E-state index contributed by atoms with van der Waals surface area (Å²) in [7, 11) is 0. The van der Waals surface area contributed by atoms with E-state index in [2.05, 4.69) is 36.3 Å². The first-order valence-electron chi connectivity index (χ1n) is 9.44. The molecule has 0 radical (unpaired) electrons. The summed E-state index contributed by atoms with van der Waals surface area (Å²) in [4.78, 5) is 14.5. The summed E-state index contributed by atoms with van der Waals surface area (Å²) in [6.45, 7) is 2.22. The van der Waals surface area contributed by atoms with Crippen molar-refractivity contribution < 1.29 is 13.6 Å². The highest BCUT2D eigenvalue weighted by molar-refractivity contribution is 9.10. The number of hydrogen-bond acceptors (Lipinski definition) is 5. The van der Waals surface area contributed by atoms with Crippen molar-refractivity contribution in [1.82, 2.24) is 20.4 Å². The molecule has 2 aromatic carbocycles. The third-order valence-corrected chi connectivity index (χ3v) is 5.65. The second-order valence-corrected chi connectivity index (χ2v) is 7.87. The van der Waals surface area contributed by atoms with Gasteiger partial charge >= 0.3 is 0 Å². The zero-order chi connectivity index (χ0) is 20.2. The number of amides is 1. The van der Waals surface area contributed by atoms with E-state index in [1.54, 1.807) is 0 Å². The van der Waals surface area contributed by atoms with E-state index in [1.807, 2.05) is 24.3 Å². The van der Waals surface area contributed by atoms with E-state index in [0.717, 1.165) is 36.0 Å². The summed E-state index contributed by atoms with van der Waals surface area (Å²) in [5.41, 5.74) is 1.34. The fourth-order valence-corrected chi connectivity index (χ4v) is 3.81. The minimum absolute atomic E-state index is 0.0994. The van der Waals surface area contributed by atoms with Gasteiger partial charge in [0.05, 0.1) is 12.1 Å². The topological polar surface area (TPSA) is 71.3 Å². The molecule has 1 aliphatic rings. The molecular formula is C21H20BrFN4O2. The molecule has 1 N–H and O–H groups in total. The van der Waals surface area contributed by atoms with Crippen LogP contribution in [0.15, 0.2) is 57.4 Å². The van der Waals surface area contributed by atoms with Crippen LogP contribution in [0.5, 0.6) is 0 Å². The fourth-order valence-electron chi connectivity index (χ4n) is 3.36. The van der Waals surface area contributed by atoms with Gasteiger partial charge in [0.2, 0.25) is 11.8 Å². The average Bonchev–Trinajstić information content (AvgIpc) is 3.18. The number of hydrogen-bond donors (Lipinski definition) is 1. The first-order chi connectivity index (χ1) is 14.1. The van der Waals surface area contributed by atoms with E-state index in [1.165, 1.54) is 24.3 Å². The van der Waals surface area contributed by atoms with Crippen molar-refractivity contribution in [2.45, 2.75) is 25.4 Å². The molecule has 0 unspecified atom stereocenters. The largest absolute Gasteiger partial charge is 0.419 e. The Morgan fingerprint density at radius 3 is 2.59 bits per heavy atom. The number of carbonyl (C=O) groups is 1. The van der Waals surface area contributed by atoms with Crippen LogP contribution in [0.2, 0.25) is 0 Å². The van der Waals surface area contributed by atoms with Crippen LogP contribution in [0.25, 0.3) is 11.5 Å². The average molecular weight is 459 g/mol. The Labute approximate surface area is 176 Å². The van der Waals surface area contributed by atoms with E-state index >= 15 is 0 Å². The van der Waals surface area contributed by atoms with Crippen LogP contribution in [0.3, 0.4) is 0 Å². The van der Waals surface area contributed by atoms with E-state index in [4.69, 9.17) is 4.42 Å². The zero-order valence-electron chi connectivity index (χ0n) is 15.6. The highest BCUT2D eigenvalue weighted by atomic mass is 79.9. The summed E-state index contributed by atoms with van der Waals surface area (Å²) < 4.78 is 19.7. The van der Waals surface area contributed by atoms with Gasteiger partial charge in [-0.2, -0.15) is 0 Å². The Kier molecular flexibility index (Phi) is 6.01. The van der Waals surface area contributed by atoms with Crippen LogP contribution < -0.4 is 5.32 Å². The van der Waals surface area contributed by atoms with Gasteiger partial charge < -0.3 is 9.73 Å². The van der Waals surface area contributed by atoms with Gasteiger partial charge in [0, 0.05) is 29.2 Å². The van der Waals surface area contributed by atoms with Crippen LogP contribution in [0, 0.1) is 5.82 Å². The maximum absolute atomic E-state index is 13.0. The normalized spacial score (nSPS) is 15.4. The van der Waals surface area contributed by atoms with Gasteiger partial charge in [-0.3, -0.25) is 9.69 Å².